The quantitative estimate of drug-likeness (QED) is 0.891. The normalized spacial score (nSPS) is 18.0. The topological polar surface area (TPSA) is 78.1 Å². The largest absolute Gasteiger partial charge is 0.350 e. The lowest BCUT2D eigenvalue weighted by molar-refractivity contribution is 0.0933. The molecule has 0 bridgehead atoms. The van der Waals surface area contributed by atoms with E-state index in [1.165, 1.54) is 6.20 Å². The van der Waals surface area contributed by atoms with Gasteiger partial charge in [-0.1, -0.05) is 18.2 Å². The average Bonchev–Trinajstić information content (AvgIpc) is 2.56. The van der Waals surface area contributed by atoms with Crippen LogP contribution in [0.25, 0.3) is 0 Å². The van der Waals surface area contributed by atoms with Gasteiger partial charge in [-0.05, 0) is 25.0 Å². The first-order valence-corrected chi connectivity index (χ1v) is 7.38. The third-order valence-corrected chi connectivity index (χ3v) is 3.78. The number of hydrogen-bond acceptors (Lipinski definition) is 4. The molecule has 2 N–H and O–H groups in total. The van der Waals surface area contributed by atoms with Gasteiger partial charge in [0, 0.05) is 37.1 Å². The van der Waals surface area contributed by atoms with E-state index in [1.807, 2.05) is 23.1 Å². The Bertz CT molecular complexity index is 699. The molecule has 0 radical (unpaired) electrons. The summed E-state index contributed by atoms with van der Waals surface area (Å²) >= 11 is 0. The SMILES string of the molecule is O=C(N[C@@H]1CCCN(c2ncc[nH]c2=O)C1)c1ccccc1. The van der Waals surface area contributed by atoms with Gasteiger partial charge in [-0.25, -0.2) is 4.98 Å². The zero-order valence-corrected chi connectivity index (χ0v) is 12.2. The lowest BCUT2D eigenvalue weighted by Gasteiger charge is -2.33. The van der Waals surface area contributed by atoms with Crippen molar-refractivity contribution in [1.82, 2.24) is 15.3 Å². The van der Waals surface area contributed by atoms with Gasteiger partial charge in [0.25, 0.3) is 11.5 Å². The number of aromatic amines is 1. The summed E-state index contributed by atoms with van der Waals surface area (Å²) in [5.74, 6) is 0.337. The Morgan fingerprint density at radius 1 is 1.32 bits per heavy atom. The summed E-state index contributed by atoms with van der Waals surface area (Å²) in [6.07, 6.45) is 4.91. The van der Waals surface area contributed by atoms with Crippen LogP contribution in [-0.4, -0.2) is 35.0 Å². The Morgan fingerprint density at radius 2 is 2.14 bits per heavy atom. The zero-order valence-electron chi connectivity index (χ0n) is 12.2. The van der Waals surface area contributed by atoms with E-state index >= 15 is 0 Å². The smallest absolute Gasteiger partial charge is 0.290 e. The molecule has 2 heterocycles. The van der Waals surface area contributed by atoms with E-state index in [4.69, 9.17) is 0 Å². The summed E-state index contributed by atoms with van der Waals surface area (Å²) in [6, 6.07) is 9.17. The fourth-order valence-electron chi connectivity index (χ4n) is 2.71. The lowest BCUT2D eigenvalue weighted by atomic mass is 10.0. The summed E-state index contributed by atoms with van der Waals surface area (Å²) < 4.78 is 0. The Morgan fingerprint density at radius 3 is 2.91 bits per heavy atom. The van der Waals surface area contributed by atoms with E-state index in [2.05, 4.69) is 15.3 Å². The number of amides is 1. The second-order valence-corrected chi connectivity index (χ2v) is 5.37. The molecule has 1 aliphatic rings. The van der Waals surface area contributed by atoms with Crippen LogP contribution in [0.5, 0.6) is 0 Å². The van der Waals surface area contributed by atoms with Crippen molar-refractivity contribution in [3.63, 3.8) is 0 Å². The highest BCUT2D eigenvalue weighted by Gasteiger charge is 2.24. The molecule has 0 saturated carbocycles. The molecule has 1 aromatic carbocycles. The molecule has 1 fully saturated rings. The summed E-state index contributed by atoms with van der Waals surface area (Å²) in [4.78, 5) is 32.7. The van der Waals surface area contributed by atoms with Gasteiger partial charge >= 0.3 is 0 Å². The second-order valence-electron chi connectivity index (χ2n) is 5.37. The van der Waals surface area contributed by atoms with Crippen LogP contribution in [0.2, 0.25) is 0 Å². The molecule has 1 amide bonds. The van der Waals surface area contributed by atoms with Crippen molar-refractivity contribution in [2.75, 3.05) is 18.0 Å². The molecule has 1 atom stereocenters. The number of nitrogens with zero attached hydrogens (tertiary/aromatic N) is 2. The number of H-pyrrole nitrogens is 1. The zero-order chi connectivity index (χ0) is 15.4. The van der Waals surface area contributed by atoms with E-state index in [0.717, 1.165) is 19.4 Å². The lowest BCUT2D eigenvalue weighted by Crippen LogP contribution is -2.49. The predicted octanol–water partition coefficient (Wildman–Crippen LogP) is 1.17. The number of hydrogen-bond donors (Lipinski definition) is 2. The number of piperidine rings is 1. The monoisotopic (exact) mass is 298 g/mol. The highest BCUT2D eigenvalue weighted by molar-refractivity contribution is 5.94. The highest BCUT2D eigenvalue weighted by Crippen LogP contribution is 2.14. The third kappa shape index (κ3) is 3.16. The van der Waals surface area contributed by atoms with E-state index in [-0.39, 0.29) is 17.5 Å². The van der Waals surface area contributed by atoms with Gasteiger partial charge in [-0.2, -0.15) is 0 Å². The number of carbonyl (C=O) groups is 1. The van der Waals surface area contributed by atoms with Crippen molar-refractivity contribution in [3.8, 4) is 0 Å². The molecule has 1 aromatic heterocycles. The van der Waals surface area contributed by atoms with Crippen molar-refractivity contribution < 1.29 is 4.79 Å². The fraction of sp³-hybridized carbons (Fsp3) is 0.312. The van der Waals surface area contributed by atoms with Gasteiger partial charge in [-0.3, -0.25) is 9.59 Å². The van der Waals surface area contributed by atoms with Crippen LogP contribution in [0.1, 0.15) is 23.2 Å². The Labute approximate surface area is 128 Å². The minimum absolute atomic E-state index is 0.0165. The van der Waals surface area contributed by atoms with Crippen LogP contribution in [0.15, 0.2) is 47.5 Å². The van der Waals surface area contributed by atoms with Crippen LogP contribution in [0.4, 0.5) is 5.82 Å². The standard InChI is InChI=1S/C16H18N4O2/c21-15(12-5-2-1-3-6-12)19-13-7-4-10-20(11-13)14-16(22)18-9-8-17-14/h1-3,5-6,8-9,13H,4,7,10-11H2,(H,18,22)(H,19,21)/t13-/m1/s1. The van der Waals surface area contributed by atoms with Gasteiger partial charge in [-0.15, -0.1) is 0 Å². The predicted molar refractivity (Wildman–Crippen MR) is 84.0 cm³/mol. The van der Waals surface area contributed by atoms with Gasteiger partial charge in [0.15, 0.2) is 5.82 Å². The minimum Gasteiger partial charge on any atom is -0.350 e. The maximum atomic E-state index is 12.2. The van der Waals surface area contributed by atoms with Crippen molar-refractivity contribution >= 4 is 11.7 Å². The molecule has 1 aliphatic heterocycles. The van der Waals surface area contributed by atoms with Crippen LogP contribution < -0.4 is 15.8 Å². The van der Waals surface area contributed by atoms with Gasteiger partial charge in [0.05, 0.1) is 0 Å². The van der Waals surface area contributed by atoms with E-state index in [1.54, 1.807) is 18.3 Å². The molecule has 1 saturated heterocycles. The second kappa shape index (κ2) is 6.43. The Kier molecular flexibility index (Phi) is 4.18. The van der Waals surface area contributed by atoms with Crippen LogP contribution in [0, 0.1) is 0 Å². The van der Waals surface area contributed by atoms with Crippen molar-refractivity contribution in [2.45, 2.75) is 18.9 Å². The van der Waals surface area contributed by atoms with Crippen molar-refractivity contribution in [1.29, 1.82) is 0 Å². The molecular formula is C16H18N4O2. The number of rotatable bonds is 3. The van der Waals surface area contributed by atoms with E-state index < -0.39 is 0 Å². The number of anilines is 1. The van der Waals surface area contributed by atoms with E-state index in [0.29, 0.717) is 17.9 Å². The van der Waals surface area contributed by atoms with Crippen LogP contribution in [-0.2, 0) is 0 Å². The maximum absolute atomic E-state index is 12.2. The molecule has 3 rings (SSSR count). The first-order chi connectivity index (χ1) is 10.7. The Balaban J connectivity index is 1.68. The number of benzene rings is 1. The molecule has 22 heavy (non-hydrogen) atoms. The molecule has 114 valence electrons. The first-order valence-electron chi connectivity index (χ1n) is 7.38. The minimum atomic E-state index is -0.197. The first kappa shape index (κ1) is 14.3. The van der Waals surface area contributed by atoms with Gasteiger partial charge in [0.1, 0.15) is 0 Å². The molecule has 0 spiro atoms. The third-order valence-electron chi connectivity index (χ3n) is 3.78. The van der Waals surface area contributed by atoms with Crippen molar-refractivity contribution in [2.24, 2.45) is 0 Å². The summed E-state index contributed by atoms with van der Waals surface area (Å²) in [5, 5.41) is 3.03. The summed E-state index contributed by atoms with van der Waals surface area (Å²) in [7, 11) is 0. The Hall–Kier alpha value is -2.63. The molecule has 6 nitrogen and oxygen atoms in total. The number of aromatic nitrogens is 2. The highest BCUT2D eigenvalue weighted by atomic mass is 16.1. The molecule has 0 unspecified atom stereocenters. The number of carbonyl (C=O) groups excluding carboxylic acids is 1. The maximum Gasteiger partial charge on any atom is 0.290 e. The van der Waals surface area contributed by atoms with Crippen LogP contribution in [0.3, 0.4) is 0 Å². The van der Waals surface area contributed by atoms with Gasteiger partial charge in [0.2, 0.25) is 0 Å². The molecule has 2 aromatic rings. The van der Waals surface area contributed by atoms with E-state index in [9.17, 15) is 9.59 Å². The fourth-order valence-corrected chi connectivity index (χ4v) is 2.71. The average molecular weight is 298 g/mol. The van der Waals surface area contributed by atoms with Crippen molar-refractivity contribution in [3.05, 3.63) is 58.6 Å². The molecule has 0 aliphatic carbocycles. The van der Waals surface area contributed by atoms with Gasteiger partial charge < -0.3 is 15.2 Å². The summed E-state index contributed by atoms with van der Waals surface area (Å²) in [6.45, 7) is 1.37. The number of nitrogens with one attached hydrogen (secondary N) is 2. The molecule has 6 heteroatoms. The van der Waals surface area contributed by atoms with Crippen LogP contribution >= 0.6 is 0 Å². The summed E-state index contributed by atoms with van der Waals surface area (Å²) in [5.41, 5.74) is 0.452. The molecular weight excluding hydrogens is 280 g/mol.